The van der Waals surface area contributed by atoms with Crippen LogP contribution in [0.15, 0.2) is 22.8 Å². The summed E-state index contributed by atoms with van der Waals surface area (Å²) < 4.78 is 27.5. The van der Waals surface area contributed by atoms with E-state index in [-0.39, 0.29) is 5.56 Å². The van der Waals surface area contributed by atoms with Crippen LogP contribution in [0.4, 0.5) is 8.78 Å². The van der Waals surface area contributed by atoms with Gasteiger partial charge < -0.3 is 5.11 Å². The Labute approximate surface area is 104 Å². The van der Waals surface area contributed by atoms with Crippen LogP contribution < -0.4 is 0 Å². The zero-order valence-corrected chi connectivity index (χ0v) is 10.3. The van der Waals surface area contributed by atoms with Crippen LogP contribution in [0.2, 0.25) is 0 Å². The molecule has 1 aromatic heterocycles. The lowest BCUT2D eigenvalue weighted by Crippen LogP contribution is -2.08. The molecule has 0 bridgehead atoms. The van der Waals surface area contributed by atoms with Gasteiger partial charge in [-0.05, 0) is 33.6 Å². The standard InChI is InChI=1S/C10H8BrF2N3O/c1-16-8(10(11)14-15-16)9(17)5-2-3-6(12)7(13)4-5/h2-4,9,17H,1H3. The monoisotopic (exact) mass is 303 g/mol. The first-order valence-corrected chi connectivity index (χ1v) is 5.48. The minimum Gasteiger partial charge on any atom is -0.382 e. The van der Waals surface area contributed by atoms with Crippen molar-refractivity contribution >= 4 is 15.9 Å². The maximum absolute atomic E-state index is 13.0. The Kier molecular flexibility index (Phi) is 3.21. The lowest BCUT2D eigenvalue weighted by atomic mass is 10.1. The molecule has 4 nitrogen and oxygen atoms in total. The van der Waals surface area contributed by atoms with Crippen LogP contribution in [0.1, 0.15) is 17.4 Å². The van der Waals surface area contributed by atoms with Crippen LogP contribution in [-0.2, 0) is 7.05 Å². The molecule has 90 valence electrons. The van der Waals surface area contributed by atoms with Gasteiger partial charge in [0.25, 0.3) is 0 Å². The highest BCUT2D eigenvalue weighted by molar-refractivity contribution is 9.10. The van der Waals surface area contributed by atoms with Crippen LogP contribution in [-0.4, -0.2) is 20.1 Å². The lowest BCUT2D eigenvalue weighted by Gasteiger charge is -2.11. The highest BCUT2D eigenvalue weighted by atomic mass is 79.9. The fourth-order valence-electron chi connectivity index (χ4n) is 1.47. The first-order valence-electron chi connectivity index (χ1n) is 4.68. The van der Waals surface area contributed by atoms with E-state index in [1.165, 1.54) is 10.7 Å². The number of aryl methyl sites for hydroxylation is 1. The summed E-state index contributed by atoms with van der Waals surface area (Å²) in [5, 5.41) is 17.4. The molecule has 1 heterocycles. The van der Waals surface area contributed by atoms with Crippen LogP contribution in [0.3, 0.4) is 0 Å². The zero-order chi connectivity index (χ0) is 12.6. The van der Waals surface area contributed by atoms with E-state index >= 15 is 0 Å². The molecule has 1 atom stereocenters. The quantitative estimate of drug-likeness (QED) is 0.922. The summed E-state index contributed by atoms with van der Waals surface area (Å²) in [6.07, 6.45) is -1.13. The Hall–Kier alpha value is -1.34. The van der Waals surface area contributed by atoms with Crippen molar-refractivity contribution in [1.82, 2.24) is 15.0 Å². The van der Waals surface area contributed by atoms with Crippen LogP contribution in [0, 0.1) is 11.6 Å². The molecule has 0 spiro atoms. The average molecular weight is 304 g/mol. The van der Waals surface area contributed by atoms with E-state index in [1.54, 1.807) is 7.05 Å². The number of halogens is 3. The van der Waals surface area contributed by atoms with Gasteiger partial charge >= 0.3 is 0 Å². The third-order valence-electron chi connectivity index (χ3n) is 2.35. The number of nitrogens with zero attached hydrogens (tertiary/aromatic N) is 3. The molecule has 0 saturated carbocycles. The Morgan fingerprint density at radius 1 is 1.35 bits per heavy atom. The van der Waals surface area contributed by atoms with Gasteiger partial charge in [0.05, 0.1) is 0 Å². The van der Waals surface area contributed by atoms with Crippen LogP contribution in [0.5, 0.6) is 0 Å². The van der Waals surface area contributed by atoms with E-state index in [0.717, 1.165) is 12.1 Å². The molecule has 7 heteroatoms. The van der Waals surface area contributed by atoms with E-state index in [2.05, 4.69) is 26.2 Å². The fraction of sp³-hybridized carbons (Fsp3) is 0.200. The topological polar surface area (TPSA) is 50.9 Å². The highest BCUT2D eigenvalue weighted by Gasteiger charge is 2.20. The fourth-order valence-corrected chi connectivity index (χ4v) is 2.01. The van der Waals surface area contributed by atoms with Gasteiger partial charge in [0.1, 0.15) is 11.8 Å². The van der Waals surface area contributed by atoms with Crippen LogP contribution in [0.25, 0.3) is 0 Å². The van der Waals surface area contributed by atoms with E-state index in [0.29, 0.717) is 10.3 Å². The third-order valence-corrected chi connectivity index (χ3v) is 2.91. The van der Waals surface area contributed by atoms with Crippen LogP contribution >= 0.6 is 15.9 Å². The Morgan fingerprint density at radius 3 is 2.59 bits per heavy atom. The Morgan fingerprint density at radius 2 is 2.06 bits per heavy atom. The number of aliphatic hydroxyl groups excluding tert-OH is 1. The Bertz CT molecular complexity index is 539. The summed E-state index contributed by atoms with van der Waals surface area (Å²) in [4.78, 5) is 0. The maximum Gasteiger partial charge on any atom is 0.159 e. The minimum atomic E-state index is -1.13. The van der Waals surface area contributed by atoms with E-state index in [4.69, 9.17) is 0 Å². The smallest absolute Gasteiger partial charge is 0.159 e. The van der Waals surface area contributed by atoms with Gasteiger partial charge in [0.2, 0.25) is 0 Å². The molecule has 2 aromatic rings. The normalized spacial score (nSPS) is 12.8. The van der Waals surface area contributed by atoms with Crippen molar-refractivity contribution in [3.63, 3.8) is 0 Å². The summed E-state index contributed by atoms with van der Waals surface area (Å²) in [5.74, 6) is -1.96. The summed E-state index contributed by atoms with van der Waals surface area (Å²) in [6.45, 7) is 0. The first-order chi connectivity index (χ1) is 8.00. The predicted molar refractivity (Wildman–Crippen MR) is 59.1 cm³/mol. The SMILES string of the molecule is Cn1nnc(Br)c1C(O)c1ccc(F)c(F)c1. The van der Waals surface area contributed by atoms with Gasteiger partial charge in [-0.15, -0.1) is 5.10 Å². The third kappa shape index (κ3) is 2.20. The second kappa shape index (κ2) is 4.50. The molecule has 0 amide bonds. The van der Waals surface area contributed by atoms with Gasteiger partial charge in [0, 0.05) is 7.05 Å². The molecule has 1 N–H and O–H groups in total. The van der Waals surface area contributed by atoms with Gasteiger partial charge in [0.15, 0.2) is 16.2 Å². The van der Waals surface area contributed by atoms with E-state index in [9.17, 15) is 13.9 Å². The van der Waals surface area contributed by atoms with Crippen molar-refractivity contribution in [2.45, 2.75) is 6.10 Å². The van der Waals surface area contributed by atoms with Gasteiger partial charge in [-0.2, -0.15) is 0 Å². The maximum atomic E-state index is 13.0. The summed E-state index contributed by atoms with van der Waals surface area (Å²) >= 11 is 3.13. The van der Waals surface area contributed by atoms with Crippen molar-refractivity contribution in [3.8, 4) is 0 Å². The average Bonchev–Trinajstić information content (AvgIpc) is 2.62. The molecular weight excluding hydrogens is 296 g/mol. The number of aliphatic hydroxyl groups is 1. The van der Waals surface area contributed by atoms with Crippen molar-refractivity contribution in [3.05, 3.63) is 45.7 Å². The van der Waals surface area contributed by atoms with Gasteiger partial charge in [-0.25, -0.2) is 13.5 Å². The number of benzene rings is 1. The lowest BCUT2D eigenvalue weighted by molar-refractivity contribution is 0.208. The van der Waals surface area contributed by atoms with Crippen molar-refractivity contribution < 1.29 is 13.9 Å². The number of hydrogen-bond acceptors (Lipinski definition) is 3. The molecule has 2 rings (SSSR count). The minimum absolute atomic E-state index is 0.231. The second-order valence-electron chi connectivity index (χ2n) is 3.47. The zero-order valence-electron chi connectivity index (χ0n) is 8.73. The highest BCUT2D eigenvalue weighted by Crippen LogP contribution is 2.27. The molecule has 0 aliphatic heterocycles. The van der Waals surface area contributed by atoms with E-state index in [1.807, 2.05) is 0 Å². The van der Waals surface area contributed by atoms with Gasteiger partial charge in [-0.3, -0.25) is 0 Å². The first kappa shape index (κ1) is 12.1. The predicted octanol–water partition coefficient (Wildman–Crippen LogP) is 1.94. The van der Waals surface area contributed by atoms with Crippen molar-refractivity contribution in [1.29, 1.82) is 0 Å². The number of aromatic nitrogens is 3. The molecule has 0 aliphatic carbocycles. The molecular formula is C10H8BrF2N3O. The van der Waals surface area contributed by atoms with E-state index < -0.39 is 17.7 Å². The second-order valence-corrected chi connectivity index (χ2v) is 4.22. The molecule has 0 fully saturated rings. The molecule has 17 heavy (non-hydrogen) atoms. The largest absolute Gasteiger partial charge is 0.382 e. The number of hydrogen-bond donors (Lipinski definition) is 1. The number of rotatable bonds is 2. The molecule has 1 aromatic carbocycles. The molecule has 1 unspecified atom stereocenters. The summed E-state index contributed by atoms with van der Waals surface area (Å²) in [7, 11) is 1.59. The summed E-state index contributed by atoms with van der Waals surface area (Å²) in [5.41, 5.74) is 0.603. The Balaban J connectivity index is 2.43. The molecule has 0 saturated heterocycles. The summed E-state index contributed by atoms with van der Waals surface area (Å²) in [6, 6.07) is 3.22. The van der Waals surface area contributed by atoms with Gasteiger partial charge in [-0.1, -0.05) is 11.3 Å². The molecule has 0 radical (unpaired) electrons. The molecule has 0 aliphatic rings. The van der Waals surface area contributed by atoms with Crippen molar-refractivity contribution in [2.24, 2.45) is 7.05 Å². The van der Waals surface area contributed by atoms with Crippen molar-refractivity contribution in [2.75, 3.05) is 0 Å².